The van der Waals surface area contributed by atoms with E-state index in [9.17, 15) is 14.7 Å². The van der Waals surface area contributed by atoms with Crippen LogP contribution in [0.2, 0.25) is 0 Å². The van der Waals surface area contributed by atoms with Crippen molar-refractivity contribution in [2.24, 2.45) is 39.7 Å². The monoisotopic (exact) mass is 536 g/mol. The first-order valence-corrected chi connectivity index (χ1v) is 14.6. The molecule has 4 aliphatic rings. The minimum atomic E-state index is -1.17. The maximum atomic E-state index is 12.5. The Kier molecular flexibility index (Phi) is 7.42. The van der Waals surface area contributed by atoms with Gasteiger partial charge in [-0.15, -0.1) is 0 Å². The molecule has 0 aromatic heterocycles. The summed E-state index contributed by atoms with van der Waals surface area (Å²) in [4.78, 5) is 30.1. The normalized spacial score (nSPS) is 38.2. The number of nitrogens with one attached hydrogen (secondary N) is 1. The first-order valence-electron chi connectivity index (χ1n) is 14.6. The van der Waals surface area contributed by atoms with Crippen molar-refractivity contribution in [1.82, 2.24) is 0 Å². The Morgan fingerprint density at radius 1 is 1.08 bits per heavy atom. The summed E-state index contributed by atoms with van der Waals surface area (Å²) in [7, 11) is 0. The summed E-state index contributed by atoms with van der Waals surface area (Å²) in [5.74, 6) is 1.86. The summed E-state index contributed by atoms with van der Waals surface area (Å²) in [6, 6.07) is 7.53. The Morgan fingerprint density at radius 2 is 1.79 bits per heavy atom. The Bertz CT molecular complexity index is 1180. The number of amides is 1. The quantitative estimate of drug-likeness (QED) is 0.322. The standard InChI is InChI=1S/C32H44N2O5/c1-20-6-8-23(9-7-20)33-29(36)38-16-17-39-34-24-10-13-30(4)26-11-14-31(5)27(12-15-32(31,37)22(3)35)25(26)18-21(2)28(30)19-24/h6-9,19,21,25-27,37H,10-18H2,1-5H3,(H,33,36)/b34-24+/t21-,25+,26-,27-,30+,31-,32-/m0/s1. The number of ether oxygens (including phenoxy) is 1. The topological polar surface area (TPSA) is 97.2 Å². The number of anilines is 1. The van der Waals surface area contributed by atoms with E-state index in [1.165, 1.54) is 5.57 Å². The lowest BCUT2D eigenvalue weighted by Crippen LogP contribution is -2.57. The van der Waals surface area contributed by atoms with E-state index in [-0.39, 0.29) is 29.8 Å². The number of hydrogen-bond donors (Lipinski definition) is 2. The zero-order valence-corrected chi connectivity index (χ0v) is 24.1. The molecule has 1 aromatic carbocycles. The van der Waals surface area contributed by atoms with Crippen molar-refractivity contribution in [3.63, 3.8) is 0 Å². The highest BCUT2D eigenvalue weighted by Gasteiger charge is 2.66. The maximum Gasteiger partial charge on any atom is 0.411 e. The van der Waals surface area contributed by atoms with Crippen LogP contribution in [-0.2, 0) is 14.4 Å². The molecular weight excluding hydrogens is 492 g/mol. The Morgan fingerprint density at radius 3 is 2.51 bits per heavy atom. The third kappa shape index (κ3) is 4.81. The van der Waals surface area contributed by atoms with Gasteiger partial charge in [-0.05, 0) is 106 Å². The number of allylic oxidation sites excluding steroid dienone is 2. The summed E-state index contributed by atoms with van der Waals surface area (Å²) in [5.41, 5.74) is 2.86. The van der Waals surface area contributed by atoms with E-state index in [2.05, 4.69) is 37.3 Å². The SMILES string of the molecule is CC(=O)[C@@]1(O)CC[C@H]2[C@@H]3C[C@H](C)C4=C/C(=N/OCCOC(=O)Nc5ccc(C)cc5)CC[C@]4(C)[C@H]3CC[C@@]21C. The molecule has 4 aliphatic carbocycles. The van der Waals surface area contributed by atoms with Crippen molar-refractivity contribution < 1.29 is 24.3 Å². The molecule has 0 unspecified atom stereocenters. The molecular formula is C32H44N2O5. The number of carbonyl (C=O) groups excluding carboxylic acids is 2. The predicted octanol–water partition coefficient (Wildman–Crippen LogP) is 6.45. The van der Waals surface area contributed by atoms with Crippen LogP contribution in [0.15, 0.2) is 41.1 Å². The summed E-state index contributed by atoms with van der Waals surface area (Å²) < 4.78 is 5.22. The first kappa shape index (κ1) is 27.9. The van der Waals surface area contributed by atoms with Gasteiger partial charge in [-0.1, -0.05) is 49.2 Å². The van der Waals surface area contributed by atoms with Crippen LogP contribution >= 0.6 is 0 Å². The Balaban J connectivity index is 1.19. The smallest absolute Gasteiger partial charge is 0.411 e. The summed E-state index contributed by atoms with van der Waals surface area (Å²) >= 11 is 0. The fourth-order valence-electron chi connectivity index (χ4n) is 8.75. The summed E-state index contributed by atoms with van der Waals surface area (Å²) in [5, 5.41) is 18.5. The molecule has 5 rings (SSSR count). The van der Waals surface area contributed by atoms with Gasteiger partial charge in [0.2, 0.25) is 0 Å². The van der Waals surface area contributed by atoms with Crippen molar-refractivity contribution in [1.29, 1.82) is 0 Å². The van der Waals surface area contributed by atoms with E-state index < -0.39 is 11.7 Å². The molecule has 0 spiro atoms. The second kappa shape index (κ2) is 10.4. The van der Waals surface area contributed by atoms with Crippen molar-refractivity contribution in [2.45, 2.75) is 85.2 Å². The lowest BCUT2D eigenvalue weighted by atomic mass is 9.44. The van der Waals surface area contributed by atoms with Gasteiger partial charge < -0.3 is 14.7 Å². The Hall–Kier alpha value is -2.67. The molecule has 39 heavy (non-hydrogen) atoms. The van der Waals surface area contributed by atoms with E-state index in [4.69, 9.17) is 9.57 Å². The van der Waals surface area contributed by atoms with Crippen LogP contribution in [0.1, 0.15) is 78.2 Å². The highest BCUT2D eigenvalue weighted by Crippen LogP contribution is 2.68. The van der Waals surface area contributed by atoms with Crippen LogP contribution in [0.4, 0.5) is 10.5 Å². The van der Waals surface area contributed by atoms with Crippen LogP contribution in [0.5, 0.6) is 0 Å². The van der Waals surface area contributed by atoms with Gasteiger partial charge in [-0.3, -0.25) is 10.1 Å². The van der Waals surface area contributed by atoms with Crippen LogP contribution in [0, 0.1) is 41.4 Å². The molecule has 2 N–H and O–H groups in total. The van der Waals surface area contributed by atoms with Crippen molar-refractivity contribution in [3.8, 4) is 0 Å². The number of rotatable bonds is 6. The molecule has 1 aromatic rings. The van der Waals surface area contributed by atoms with Gasteiger partial charge in [0, 0.05) is 11.1 Å². The molecule has 3 fully saturated rings. The van der Waals surface area contributed by atoms with Crippen molar-refractivity contribution in [2.75, 3.05) is 18.5 Å². The van der Waals surface area contributed by atoms with Gasteiger partial charge in [0.25, 0.3) is 0 Å². The largest absolute Gasteiger partial charge is 0.446 e. The second-order valence-electron chi connectivity index (χ2n) is 13.0. The summed E-state index contributed by atoms with van der Waals surface area (Å²) in [6.45, 7) is 10.8. The molecule has 0 bridgehead atoms. The number of aliphatic hydroxyl groups is 1. The highest BCUT2D eigenvalue weighted by molar-refractivity contribution is 5.96. The van der Waals surface area contributed by atoms with Crippen molar-refractivity contribution >= 4 is 23.3 Å². The average Bonchev–Trinajstić information content (AvgIpc) is 3.18. The third-order valence-electron chi connectivity index (χ3n) is 10.9. The molecule has 212 valence electrons. The molecule has 7 atom stereocenters. The minimum Gasteiger partial charge on any atom is -0.446 e. The van der Waals surface area contributed by atoms with E-state index >= 15 is 0 Å². The Labute approximate surface area is 232 Å². The number of hydrogen-bond acceptors (Lipinski definition) is 6. The average molecular weight is 537 g/mol. The van der Waals surface area contributed by atoms with E-state index in [1.54, 1.807) is 6.92 Å². The number of fused-ring (bicyclic) bond motifs is 5. The molecule has 1 amide bonds. The van der Waals surface area contributed by atoms with Crippen LogP contribution < -0.4 is 5.32 Å². The molecule has 0 aliphatic heterocycles. The molecule has 7 heteroatoms. The van der Waals surface area contributed by atoms with E-state index in [0.29, 0.717) is 35.8 Å². The summed E-state index contributed by atoms with van der Waals surface area (Å²) in [6.07, 6.45) is 8.23. The van der Waals surface area contributed by atoms with E-state index in [0.717, 1.165) is 49.8 Å². The number of ketones is 1. The van der Waals surface area contributed by atoms with Crippen LogP contribution in [0.3, 0.4) is 0 Å². The molecule has 7 nitrogen and oxygen atoms in total. The highest BCUT2D eigenvalue weighted by atomic mass is 16.6. The van der Waals surface area contributed by atoms with Gasteiger partial charge in [0.05, 0.1) is 5.71 Å². The van der Waals surface area contributed by atoms with Gasteiger partial charge >= 0.3 is 6.09 Å². The third-order valence-corrected chi connectivity index (χ3v) is 10.9. The van der Waals surface area contributed by atoms with Crippen molar-refractivity contribution in [3.05, 3.63) is 41.5 Å². The molecule has 0 heterocycles. The lowest BCUT2D eigenvalue weighted by Gasteiger charge is -2.60. The van der Waals surface area contributed by atoms with Gasteiger partial charge in [-0.25, -0.2) is 4.79 Å². The fraction of sp³-hybridized carbons (Fsp3) is 0.656. The number of Topliss-reactive ketones (excluding diaryl/α,β-unsaturated/α-hetero) is 1. The van der Waals surface area contributed by atoms with Crippen LogP contribution in [0.25, 0.3) is 0 Å². The number of oxime groups is 1. The number of nitrogens with zero attached hydrogens (tertiary/aromatic N) is 1. The maximum absolute atomic E-state index is 12.5. The fourth-order valence-corrected chi connectivity index (χ4v) is 8.75. The van der Waals surface area contributed by atoms with Gasteiger partial charge in [0.15, 0.2) is 12.4 Å². The minimum absolute atomic E-state index is 0.0579. The zero-order valence-electron chi connectivity index (χ0n) is 24.1. The second-order valence-corrected chi connectivity index (χ2v) is 13.0. The molecule has 3 saturated carbocycles. The van der Waals surface area contributed by atoms with Gasteiger partial charge in [0.1, 0.15) is 12.2 Å². The van der Waals surface area contributed by atoms with E-state index in [1.807, 2.05) is 31.2 Å². The molecule has 0 saturated heterocycles. The first-order chi connectivity index (χ1) is 18.5. The van der Waals surface area contributed by atoms with Gasteiger partial charge in [-0.2, -0.15) is 0 Å². The predicted molar refractivity (Wildman–Crippen MR) is 151 cm³/mol. The number of carbonyl (C=O) groups is 2. The number of aryl methyl sites for hydroxylation is 1. The number of benzene rings is 1. The van der Waals surface area contributed by atoms with Crippen LogP contribution in [-0.4, -0.2) is 41.5 Å². The molecule has 0 radical (unpaired) electrons. The lowest BCUT2D eigenvalue weighted by molar-refractivity contribution is -0.160. The zero-order chi connectivity index (χ0) is 28.0.